The van der Waals surface area contributed by atoms with Crippen molar-refractivity contribution in [3.05, 3.63) is 36.0 Å². The van der Waals surface area contributed by atoms with E-state index in [9.17, 15) is 4.79 Å². The summed E-state index contributed by atoms with van der Waals surface area (Å²) < 4.78 is 0. The minimum absolute atomic E-state index is 0.0192. The molecule has 5 heteroatoms. The molecule has 2 aromatic rings. The predicted octanol–water partition coefficient (Wildman–Crippen LogP) is 2.90. The SMILES string of the molecule is CCNc1ncc(C(=O)NC2CCSC2)c2ccccc12. The van der Waals surface area contributed by atoms with E-state index in [0.29, 0.717) is 5.56 Å². The number of rotatable bonds is 4. The van der Waals surface area contributed by atoms with E-state index in [1.165, 1.54) is 0 Å². The molecule has 3 rings (SSSR count). The number of nitrogens with zero attached hydrogens (tertiary/aromatic N) is 1. The van der Waals surface area contributed by atoms with Crippen molar-refractivity contribution in [3.63, 3.8) is 0 Å². The number of hydrogen-bond donors (Lipinski definition) is 2. The summed E-state index contributed by atoms with van der Waals surface area (Å²) in [6.07, 6.45) is 2.73. The minimum Gasteiger partial charge on any atom is -0.370 e. The van der Waals surface area contributed by atoms with Crippen molar-refractivity contribution in [2.24, 2.45) is 0 Å². The molecule has 0 aliphatic carbocycles. The molecular weight excluding hydrogens is 282 g/mol. The molecule has 1 aromatic heterocycles. The van der Waals surface area contributed by atoms with Crippen LogP contribution in [0.1, 0.15) is 23.7 Å². The van der Waals surface area contributed by atoms with Crippen LogP contribution in [0.2, 0.25) is 0 Å². The van der Waals surface area contributed by atoms with Gasteiger partial charge in [0.1, 0.15) is 5.82 Å². The Hall–Kier alpha value is -1.75. The van der Waals surface area contributed by atoms with Crippen molar-refractivity contribution in [2.75, 3.05) is 23.4 Å². The molecule has 1 aliphatic rings. The van der Waals surface area contributed by atoms with Crippen molar-refractivity contribution in [3.8, 4) is 0 Å². The molecule has 1 saturated heterocycles. The number of thioether (sulfide) groups is 1. The average Bonchev–Trinajstić information content (AvgIpc) is 3.00. The molecule has 2 N–H and O–H groups in total. The summed E-state index contributed by atoms with van der Waals surface area (Å²) in [6, 6.07) is 8.20. The highest BCUT2D eigenvalue weighted by atomic mass is 32.2. The van der Waals surface area contributed by atoms with Crippen LogP contribution in [0.25, 0.3) is 10.8 Å². The summed E-state index contributed by atoms with van der Waals surface area (Å²) >= 11 is 1.89. The third-order valence-electron chi connectivity index (χ3n) is 3.65. The number of carbonyl (C=O) groups excluding carboxylic acids is 1. The lowest BCUT2D eigenvalue weighted by atomic mass is 10.1. The smallest absolute Gasteiger partial charge is 0.253 e. The summed E-state index contributed by atoms with van der Waals surface area (Å²) in [5, 5.41) is 8.31. The highest BCUT2D eigenvalue weighted by Gasteiger charge is 2.20. The van der Waals surface area contributed by atoms with Crippen molar-refractivity contribution in [1.82, 2.24) is 10.3 Å². The van der Waals surface area contributed by atoms with Crippen molar-refractivity contribution < 1.29 is 4.79 Å². The van der Waals surface area contributed by atoms with Crippen LogP contribution in [0.3, 0.4) is 0 Å². The van der Waals surface area contributed by atoms with E-state index in [1.54, 1.807) is 6.20 Å². The first kappa shape index (κ1) is 14.2. The quantitative estimate of drug-likeness (QED) is 0.912. The van der Waals surface area contributed by atoms with Crippen LogP contribution in [-0.2, 0) is 0 Å². The molecule has 1 aromatic carbocycles. The number of pyridine rings is 1. The second-order valence-corrected chi connectivity index (χ2v) is 6.28. The number of hydrogen-bond acceptors (Lipinski definition) is 4. The molecule has 1 unspecified atom stereocenters. The number of nitrogens with one attached hydrogen (secondary N) is 2. The van der Waals surface area contributed by atoms with Gasteiger partial charge in [-0.25, -0.2) is 4.98 Å². The second kappa shape index (κ2) is 6.35. The zero-order valence-corrected chi connectivity index (χ0v) is 12.9. The Morgan fingerprint density at radius 1 is 1.38 bits per heavy atom. The average molecular weight is 301 g/mol. The first-order valence-corrected chi connectivity index (χ1v) is 8.45. The van der Waals surface area contributed by atoms with Crippen molar-refractivity contribution in [2.45, 2.75) is 19.4 Å². The molecule has 0 radical (unpaired) electrons. The Bertz CT molecular complexity index is 653. The Labute approximate surface area is 128 Å². The van der Waals surface area contributed by atoms with Gasteiger partial charge < -0.3 is 10.6 Å². The van der Waals surface area contributed by atoms with Crippen LogP contribution < -0.4 is 10.6 Å². The molecule has 1 aliphatic heterocycles. The van der Waals surface area contributed by atoms with Crippen LogP contribution in [0.4, 0.5) is 5.82 Å². The number of fused-ring (bicyclic) bond motifs is 1. The van der Waals surface area contributed by atoms with E-state index in [1.807, 2.05) is 43.0 Å². The van der Waals surface area contributed by atoms with E-state index in [4.69, 9.17) is 0 Å². The molecule has 0 bridgehead atoms. The van der Waals surface area contributed by atoms with Crippen LogP contribution in [0.15, 0.2) is 30.5 Å². The molecule has 1 fully saturated rings. The largest absolute Gasteiger partial charge is 0.370 e. The number of carbonyl (C=O) groups is 1. The Kier molecular flexibility index (Phi) is 4.29. The molecule has 1 amide bonds. The summed E-state index contributed by atoms with van der Waals surface area (Å²) in [5.74, 6) is 2.95. The fourth-order valence-electron chi connectivity index (χ4n) is 2.59. The van der Waals surface area contributed by atoms with E-state index >= 15 is 0 Å². The highest BCUT2D eigenvalue weighted by molar-refractivity contribution is 7.99. The van der Waals surface area contributed by atoms with Crippen LogP contribution in [0.5, 0.6) is 0 Å². The van der Waals surface area contributed by atoms with E-state index in [2.05, 4.69) is 15.6 Å². The summed E-state index contributed by atoms with van der Waals surface area (Å²) in [5.41, 5.74) is 0.657. The monoisotopic (exact) mass is 301 g/mol. The van der Waals surface area contributed by atoms with E-state index in [0.717, 1.165) is 41.1 Å². The lowest BCUT2D eigenvalue weighted by molar-refractivity contribution is 0.0942. The normalized spacial score (nSPS) is 17.9. The van der Waals surface area contributed by atoms with Crippen LogP contribution in [0, 0.1) is 0 Å². The third-order valence-corrected chi connectivity index (χ3v) is 4.81. The Balaban J connectivity index is 1.94. The first-order valence-electron chi connectivity index (χ1n) is 7.30. The Morgan fingerprint density at radius 2 is 2.19 bits per heavy atom. The first-order chi connectivity index (χ1) is 10.3. The van der Waals surface area contributed by atoms with Gasteiger partial charge in [-0.05, 0) is 24.5 Å². The fourth-order valence-corrected chi connectivity index (χ4v) is 3.75. The maximum Gasteiger partial charge on any atom is 0.253 e. The predicted molar refractivity (Wildman–Crippen MR) is 89.1 cm³/mol. The summed E-state index contributed by atoms with van der Waals surface area (Å²) in [6.45, 7) is 2.84. The molecule has 21 heavy (non-hydrogen) atoms. The van der Waals surface area contributed by atoms with E-state index in [-0.39, 0.29) is 11.9 Å². The lowest BCUT2D eigenvalue weighted by Gasteiger charge is -2.14. The third kappa shape index (κ3) is 2.97. The van der Waals surface area contributed by atoms with Gasteiger partial charge in [0.15, 0.2) is 0 Å². The van der Waals surface area contributed by atoms with Gasteiger partial charge in [-0.15, -0.1) is 0 Å². The van der Waals surface area contributed by atoms with Crippen molar-refractivity contribution >= 4 is 34.3 Å². The zero-order chi connectivity index (χ0) is 14.7. The summed E-state index contributed by atoms with van der Waals surface area (Å²) in [7, 11) is 0. The molecule has 2 heterocycles. The van der Waals surface area contributed by atoms with Gasteiger partial charge in [0.2, 0.25) is 0 Å². The fraction of sp³-hybridized carbons (Fsp3) is 0.375. The van der Waals surface area contributed by atoms with Gasteiger partial charge in [0.25, 0.3) is 5.91 Å². The lowest BCUT2D eigenvalue weighted by Crippen LogP contribution is -2.34. The molecular formula is C16H19N3OS. The van der Waals surface area contributed by atoms with Gasteiger partial charge in [0, 0.05) is 29.9 Å². The number of amides is 1. The molecule has 0 spiro atoms. The molecule has 4 nitrogen and oxygen atoms in total. The van der Waals surface area contributed by atoms with Gasteiger partial charge in [-0.2, -0.15) is 11.8 Å². The Morgan fingerprint density at radius 3 is 2.90 bits per heavy atom. The maximum atomic E-state index is 12.5. The second-order valence-electron chi connectivity index (χ2n) is 5.13. The standard InChI is InChI=1S/C16H19N3OS/c1-2-17-15-13-6-4-3-5-12(13)14(9-18-15)16(20)19-11-7-8-21-10-11/h3-6,9,11H,2,7-8,10H2,1H3,(H,17,18)(H,19,20). The van der Waals surface area contributed by atoms with E-state index < -0.39 is 0 Å². The topological polar surface area (TPSA) is 54.0 Å². The van der Waals surface area contributed by atoms with Gasteiger partial charge in [-0.3, -0.25) is 4.79 Å². The number of benzene rings is 1. The minimum atomic E-state index is -0.0192. The summed E-state index contributed by atoms with van der Waals surface area (Å²) in [4.78, 5) is 16.9. The van der Waals surface area contributed by atoms with Gasteiger partial charge in [0.05, 0.1) is 5.56 Å². The van der Waals surface area contributed by atoms with Gasteiger partial charge in [-0.1, -0.05) is 24.3 Å². The molecule has 1 atom stereocenters. The maximum absolute atomic E-state index is 12.5. The number of anilines is 1. The highest BCUT2D eigenvalue weighted by Crippen LogP contribution is 2.25. The van der Waals surface area contributed by atoms with Crippen LogP contribution in [-0.4, -0.2) is 35.0 Å². The number of aromatic nitrogens is 1. The zero-order valence-electron chi connectivity index (χ0n) is 12.1. The van der Waals surface area contributed by atoms with Crippen molar-refractivity contribution in [1.29, 1.82) is 0 Å². The van der Waals surface area contributed by atoms with Gasteiger partial charge >= 0.3 is 0 Å². The molecule has 0 saturated carbocycles. The molecule has 110 valence electrons. The van der Waals surface area contributed by atoms with Crippen LogP contribution >= 0.6 is 11.8 Å².